The third-order valence-electron chi connectivity index (χ3n) is 1.85. The van der Waals surface area contributed by atoms with Crippen molar-refractivity contribution in [1.82, 2.24) is 4.90 Å². The second-order valence-electron chi connectivity index (χ2n) is 3.13. The smallest absolute Gasteiger partial charge is 0.283 e. The summed E-state index contributed by atoms with van der Waals surface area (Å²) >= 11 is 4.00. The number of carbonyl (C=O) groups excluding carboxylic acids is 1. The molecule has 0 saturated heterocycles. The van der Waals surface area contributed by atoms with Crippen LogP contribution in [-0.4, -0.2) is 29.8 Å². The summed E-state index contributed by atoms with van der Waals surface area (Å²) < 4.78 is 0. The zero-order valence-electron chi connectivity index (χ0n) is 8.30. The monoisotopic (exact) mass is 226 g/mol. The van der Waals surface area contributed by atoms with Crippen molar-refractivity contribution in [3.63, 3.8) is 0 Å². The van der Waals surface area contributed by atoms with Crippen LogP contribution in [0.2, 0.25) is 0 Å². The molecule has 80 valence electrons. The summed E-state index contributed by atoms with van der Waals surface area (Å²) in [5, 5.41) is 10.6. The van der Waals surface area contributed by atoms with Gasteiger partial charge in [0.25, 0.3) is 11.6 Å². The summed E-state index contributed by atoms with van der Waals surface area (Å²) in [6.45, 7) is 0. The molecule has 0 aliphatic heterocycles. The number of hydrogen-bond acceptors (Lipinski definition) is 4. The summed E-state index contributed by atoms with van der Waals surface area (Å²) in [6, 6.07) is 4.29. The largest absolute Gasteiger partial charge is 0.345 e. The van der Waals surface area contributed by atoms with Crippen LogP contribution in [0, 0.1) is 10.1 Å². The molecule has 0 saturated carbocycles. The van der Waals surface area contributed by atoms with Crippen LogP contribution in [0.1, 0.15) is 10.4 Å². The van der Waals surface area contributed by atoms with E-state index in [1.807, 2.05) is 0 Å². The van der Waals surface area contributed by atoms with Crippen LogP contribution in [0.4, 0.5) is 5.69 Å². The van der Waals surface area contributed by atoms with Gasteiger partial charge in [-0.3, -0.25) is 14.9 Å². The van der Waals surface area contributed by atoms with Crippen molar-refractivity contribution in [2.75, 3.05) is 14.1 Å². The Bertz CT molecular complexity index is 418. The highest BCUT2D eigenvalue weighted by molar-refractivity contribution is 7.80. The lowest BCUT2D eigenvalue weighted by atomic mass is 10.2. The van der Waals surface area contributed by atoms with Gasteiger partial charge in [0, 0.05) is 20.2 Å². The molecule has 0 N–H and O–H groups in total. The van der Waals surface area contributed by atoms with Gasteiger partial charge < -0.3 is 4.90 Å². The van der Waals surface area contributed by atoms with Gasteiger partial charge in [-0.1, -0.05) is 6.07 Å². The number of benzene rings is 1. The van der Waals surface area contributed by atoms with Gasteiger partial charge in [0.15, 0.2) is 0 Å². The van der Waals surface area contributed by atoms with E-state index in [2.05, 4.69) is 12.6 Å². The van der Waals surface area contributed by atoms with Gasteiger partial charge in [-0.2, -0.15) is 0 Å². The Morgan fingerprint density at radius 1 is 1.47 bits per heavy atom. The predicted molar refractivity (Wildman–Crippen MR) is 58.4 cm³/mol. The zero-order chi connectivity index (χ0) is 11.6. The fourth-order valence-corrected chi connectivity index (χ4v) is 1.42. The Balaban J connectivity index is 3.27. The fraction of sp³-hybridized carbons (Fsp3) is 0.222. The van der Waals surface area contributed by atoms with Crippen LogP contribution >= 0.6 is 12.6 Å². The Hall–Kier alpha value is -1.56. The summed E-state index contributed by atoms with van der Waals surface area (Å²) in [5.41, 5.74) is 0.0727. The molecule has 15 heavy (non-hydrogen) atoms. The van der Waals surface area contributed by atoms with E-state index in [4.69, 9.17) is 0 Å². The molecule has 0 spiro atoms. The van der Waals surface area contributed by atoms with Crippen molar-refractivity contribution in [3.8, 4) is 0 Å². The minimum atomic E-state index is -0.561. The molecule has 1 aromatic rings. The molecule has 6 heteroatoms. The summed E-state index contributed by atoms with van der Waals surface area (Å²) in [7, 11) is 3.16. The normalized spacial score (nSPS) is 9.80. The van der Waals surface area contributed by atoms with Crippen LogP contribution in [0.15, 0.2) is 23.1 Å². The molecule has 0 heterocycles. The molecule has 0 fully saturated rings. The average molecular weight is 226 g/mol. The molecular weight excluding hydrogens is 216 g/mol. The van der Waals surface area contributed by atoms with Gasteiger partial charge in [-0.25, -0.2) is 0 Å². The standard InChI is InChI=1S/C9H10N2O3S/c1-10(2)9(12)6-4-3-5-7(8(6)15)11(13)14/h3-5,15H,1-2H3. The van der Waals surface area contributed by atoms with E-state index in [-0.39, 0.29) is 22.1 Å². The number of thiol groups is 1. The summed E-state index contributed by atoms with van der Waals surface area (Å²) in [6.07, 6.45) is 0. The Morgan fingerprint density at radius 3 is 2.53 bits per heavy atom. The first kappa shape index (κ1) is 11.5. The molecule has 0 atom stereocenters. The van der Waals surface area contributed by atoms with Crippen LogP contribution < -0.4 is 0 Å². The fourth-order valence-electron chi connectivity index (χ4n) is 1.09. The maximum Gasteiger partial charge on any atom is 0.283 e. The first-order valence-electron chi connectivity index (χ1n) is 4.13. The highest BCUT2D eigenvalue weighted by atomic mass is 32.1. The van der Waals surface area contributed by atoms with Gasteiger partial charge in [-0.15, -0.1) is 12.6 Å². The number of carbonyl (C=O) groups is 1. The number of nitrogens with zero attached hydrogens (tertiary/aromatic N) is 2. The molecule has 0 radical (unpaired) electrons. The molecule has 5 nitrogen and oxygen atoms in total. The second kappa shape index (κ2) is 4.31. The first-order chi connectivity index (χ1) is 6.95. The number of amides is 1. The number of nitro benzene ring substituents is 1. The maximum absolute atomic E-state index is 11.6. The Labute approximate surface area is 92.3 Å². The molecule has 0 unspecified atom stereocenters. The van der Waals surface area contributed by atoms with E-state index in [1.165, 1.54) is 23.1 Å². The van der Waals surface area contributed by atoms with Gasteiger partial charge in [-0.05, 0) is 6.07 Å². The molecule has 0 aromatic heterocycles. The molecule has 0 aliphatic rings. The van der Waals surface area contributed by atoms with Crippen molar-refractivity contribution >= 4 is 24.2 Å². The highest BCUT2D eigenvalue weighted by Gasteiger charge is 2.19. The zero-order valence-corrected chi connectivity index (χ0v) is 9.19. The highest BCUT2D eigenvalue weighted by Crippen LogP contribution is 2.26. The van der Waals surface area contributed by atoms with Crippen molar-refractivity contribution in [2.45, 2.75) is 4.90 Å². The second-order valence-corrected chi connectivity index (χ2v) is 3.58. The van der Waals surface area contributed by atoms with Crippen molar-refractivity contribution in [1.29, 1.82) is 0 Å². The topological polar surface area (TPSA) is 63.5 Å². The maximum atomic E-state index is 11.6. The van der Waals surface area contributed by atoms with E-state index in [0.29, 0.717) is 0 Å². The van der Waals surface area contributed by atoms with Gasteiger partial charge in [0.05, 0.1) is 15.4 Å². The van der Waals surface area contributed by atoms with Gasteiger partial charge in [0.1, 0.15) is 0 Å². The van der Waals surface area contributed by atoms with Crippen molar-refractivity contribution in [2.24, 2.45) is 0 Å². The summed E-state index contributed by atoms with van der Waals surface area (Å²) in [4.78, 5) is 23.1. The number of nitro groups is 1. The summed E-state index contributed by atoms with van der Waals surface area (Å²) in [5.74, 6) is -0.302. The van der Waals surface area contributed by atoms with Gasteiger partial charge in [0.2, 0.25) is 0 Å². The lowest BCUT2D eigenvalue weighted by Gasteiger charge is -2.11. The van der Waals surface area contributed by atoms with Crippen LogP contribution in [0.3, 0.4) is 0 Å². The molecule has 1 rings (SSSR count). The van der Waals surface area contributed by atoms with E-state index in [0.717, 1.165) is 0 Å². The molecular formula is C9H10N2O3S. The molecule has 1 amide bonds. The SMILES string of the molecule is CN(C)C(=O)c1cccc([N+](=O)[O-])c1S. The van der Waals surface area contributed by atoms with Crippen molar-refractivity contribution in [3.05, 3.63) is 33.9 Å². The quantitative estimate of drug-likeness (QED) is 0.473. The van der Waals surface area contributed by atoms with Gasteiger partial charge >= 0.3 is 0 Å². The van der Waals surface area contributed by atoms with Crippen LogP contribution in [-0.2, 0) is 0 Å². The first-order valence-corrected chi connectivity index (χ1v) is 4.58. The van der Waals surface area contributed by atoms with E-state index >= 15 is 0 Å². The lowest BCUT2D eigenvalue weighted by Crippen LogP contribution is -2.22. The lowest BCUT2D eigenvalue weighted by molar-refractivity contribution is -0.387. The average Bonchev–Trinajstić information content (AvgIpc) is 2.16. The van der Waals surface area contributed by atoms with Crippen LogP contribution in [0.25, 0.3) is 0 Å². The van der Waals surface area contributed by atoms with Crippen LogP contribution in [0.5, 0.6) is 0 Å². The van der Waals surface area contributed by atoms with E-state index in [9.17, 15) is 14.9 Å². The minimum Gasteiger partial charge on any atom is -0.345 e. The Kier molecular flexibility index (Phi) is 3.31. The third kappa shape index (κ3) is 2.27. The van der Waals surface area contributed by atoms with E-state index < -0.39 is 4.92 Å². The predicted octanol–water partition coefficient (Wildman–Crippen LogP) is 1.59. The van der Waals surface area contributed by atoms with E-state index in [1.54, 1.807) is 14.1 Å². The molecule has 0 bridgehead atoms. The number of hydrogen-bond donors (Lipinski definition) is 1. The third-order valence-corrected chi connectivity index (χ3v) is 2.32. The molecule has 1 aromatic carbocycles. The number of rotatable bonds is 2. The Morgan fingerprint density at radius 2 is 2.07 bits per heavy atom. The van der Waals surface area contributed by atoms with Crippen molar-refractivity contribution < 1.29 is 9.72 Å². The minimum absolute atomic E-state index is 0.0983. The molecule has 0 aliphatic carbocycles.